The first-order valence-corrected chi connectivity index (χ1v) is 6.28. The summed E-state index contributed by atoms with van der Waals surface area (Å²) in [5.74, 6) is -0.815. The first kappa shape index (κ1) is 15.8. The maximum atomic E-state index is 10.7. The normalized spacial score (nSPS) is 11.9. The third-order valence-corrected chi connectivity index (χ3v) is 3.24. The number of aromatic hydroxyl groups is 1. The molecule has 3 N–H and O–H groups in total. The van der Waals surface area contributed by atoms with Crippen LogP contribution in [0.3, 0.4) is 0 Å². The van der Waals surface area contributed by atoms with Crippen molar-refractivity contribution in [1.29, 1.82) is 0 Å². The Morgan fingerprint density at radius 2 is 1.44 bits per heavy atom. The molecule has 1 rings (SSSR count). The standard InChI is InChI=1S/C6H6O7S2.Na.H/c7-5-2-1-4(14(8,9)10)3-6(5)15(11,12)13;;/h1-3,7H,(H,8,9,10)(H,11,12,13);;. The summed E-state index contributed by atoms with van der Waals surface area (Å²) in [7, 11) is -9.33. The Morgan fingerprint density at radius 3 is 1.81 bits per heavy atom. The zero-order valence-electron chi connectivity index (χ0n) is 7.02. The van der Waals surface area contributed by atoms with E-state index in [1.54, 1.807) is 0 Å². The number of benzene rings is 1. The molecule has 7 nitrogen and oxygen atoms in total. The second-order valence-electron chi connectivity index (χ2n) is 2.58. The molecule has 0 amide bonds. The molecule has 0 heterocycles. The van der Waals surface area contributed by atoms with E-state index in [4.69, 9.17) is 14.2 Å². The van der Waals surface area contributed by atoms with Crippen molar-refractivity contribution in [2.75, 3.05) is 0 Å². The van der Waals surface area contributed by atoms with Crippen LogP contribution in [0.4, 0.5) is 0 Å². The van der Waals surface area contributed by atoms with E-state index in [1.807, 2.05) is 0 Å². The zero-order chi connectivity index (χ0) is 11.9. The van der Waals surface area contributed by atoms with Crippen molar-refractivity contribution in [1.82, 2.24) is 0 Å². The van der Waals surface area contributed by atoms with Gasteiger partial charge < -0.3 is 5.11 Å². The van der Waals surface area contributed by atoms with E-state index in [9.17, 15) is 16.8 Å². The molecule has 0 aliphatic carbocycles. The molecule has 0 saturated carbocycles. The van der Waals surface area contributed by atoms with Gasteiger partial charge in [-0.1, -0.05) is 0 Å². The Labute approximate surface area is 114 Å². The van der Waals surface area contributed by atoms with Crippen LogP contribution in [0, 0.1) is 0 Å². The van der Waals surface area contributed by atoms with Gasteiger partial charge >= 0.3 is 29.6 Å². The summed E-state index contributed by atoms with van der Waals surface area (Å²) >= 11 is 0. The molecule has 0 aromatic heterocycles. The fraction of sp³-hybridized carbons (Fsp3) is 0. The fourth-order valence-corrected chi connectivity index (χ4v) is 2.05. The van der Waals surface area contributed by atoms with E-state index in [1.165, 1.54) is 0 Å². The molecule has 0 fully saturated rings. The molecule has 0 saturated heterocycles. The summed E-state index contributed by atoms with van der Waals surface area (Å²) in [6, 6.07) is 1.96. The van der Waals surface area contributed by atoms with Crippen molar-refractivity contribution in [3.8, 4) is 5.75 Å². The van der Waals surface area contributed by atoms with Gasteiger partial charge in [-0.15, -0.1) is 0 Å². The first-order chi connectivity index (χ1) is 6.62. The Kier molecular flexibility index (Phi) is 4.95. The average molecular weight is 278 g/mol. The van der Waals surface area contributed by atoms with Gasteiger partial charge in [0.15, 0.2) is 0 Å². The third kappa shape index (κ3) is 3.70. The molecule has 10 heteroatoms. The van der Waals surface area contributed by atoms with Gasteiger partial charge in [0.1, 0.15) is 10.6 Å². The number of phenols is 1. The number of hydrogen-bond acceptors (Lipinski definition) is 5. The van der Waals surface area contributed by atoms with Crippen LogP contribution in [0.2, 0.25) is 0 Å². The van der Waals surface area contributed by atoms with Gasteiger partial charge in [-0.3, -0.25) is 9.11 Å². The summed E-state index contributed by atoms with van der Waals surface area (Å²) in [6.45, 7) is 0. The molecule has 0 unspecified atom stereocenters. The second kappa shape index (κ2) is 5.00. The zero-order valence-corrected chi connectivity index (χ0v) is 8.66. The SMILES string of the molecule is O=S(=O)(O)c1ccc(O)c(S(=O)(=O)O)c1.[NaH]. The van der Waals surface area contributed by atoms with E-state index in [2.05, 4.69) is 0 Å². The fourth-order valence-electron chi connectivity index (χ4n) is 0.862. The molecule has 1 aromatic rings. The van der Waals surface area contributed by atoms with E-state index in [0.29, 0.717) is 6.07 Å². The molecule has 86 valence electrons. The predicted octanol–water partition coefficient (Wildman–Crippen LogP) is -0.763. The van der Waals surface area contributed by atoms with E-state index < -0.39 is 35.8 Å². The summed E-state index contributed by atoms with van der Waals surface area (Å²) in [6.07, 6.45) is 0. The quantitative estimate of drug-likeness (QED) is 0.479. The van der Waals surface area contributed by atoms with Gasteiger partial charge in [0, 0.05) is 0 Å². The molecule has 0 aliphatic rings. The Bertz CT molecular complexity index is 589. The number of hydrogen-bond donors (Lipinski definition) is 3. The predicted molar refractivity (Wildman–Crippen MR) is 54.9 cm³/mol. The van der Waals surface area contributed by atoms with Crippen molar-refractivity contribution in [3.63, 3.8) is 0 Å². The molecular weight excluding hydrogens is 271 g/mol. The van der Waals surface area contributed by atoms with Crippen LogP contribution in [0.5, 0.6) is 5.75 Å². The van der Waals surface area contributed by atoms with Crippen LogP contribution < -0.4 is 0 Å². The van der Waals surface area contributed by atoms with Crippen molar-refractivity contribution in [2.24, 2.45) is 0 Å². The Balaban J connectivity index is 0.00000225. The van der Waals surface area contributed by atoms with E-state index >= 15 is 0 Å². The molecule has 0 aliphatic heterocycles. The maximum absolute atomic E-state index is 10.7. The summed E-state index contributed by atoms with van der Waals surface area (Å²) in [5.41, 5.74) is 0. The molecule has 0 atom stereocenters. The molecular formula is C6H7NaO7S2. The van der Waals surface area contributed by atoms with Crippen molar-refractivity contribution >= 4 is 49.8 Å². The van der Waals surface area contributed by atoms with Crippen LogP contribution in [-0.4, -0.2) is 60.6 Å². The molecule has 0 spiro atoms. The first-order valence-electron chi connectivity index (χ1n) is 3.40. The van der Waals surface area contributed by atoms with Gasteiger partial charge in [0.05, 0.1) is 4.90 Å². The van der Waals surface area contributed by atoms with Crippen LogP contribution in [0.15, 0.2) is 28.0 Å². The summed E-state index contributed by atoms with van der Waals surface area (Å²) < 4.78 is 59.7. The summed E-state index contributed by atoms with van der Waals surface area (Å²) in [5, 5.41) is 9.02. The topological polar surface area (TPSA) is 129 Å². The van der Waals surface area contributed by atoms with Crippen molar-refractivity contribution in [2.45, 2.75) is 9.79 Å². The minimum absolute atomic E-state index is 0. The van der Waals surface area contributed by atoms with Crippen LogP contribution in [-0.2, 0) is 20.2 Å². The average Bonchev–Trinajstić information content (AvgIpc) is 2.00. The second-order valence-corrected chi connectivity index (χ2v) is 5.39. The van der Waals surface area contributed by atoms with Gasteiger partial charge in [-0.05, 0) is 18.2 Å². The molecule has 0 radical (unpaired) electrons. The third-order valence-electron chi connectivity index (χ3n) is 1.51. The summed E-state index contributed by atoms with van der Waals surface area (Å²) in [4.78, 5) is -1.73. The van der Waals surface area contributed by atoms with Crippen LogP contribution in [0.25, 0.3) is 0 Å². The number of rotatable bonds is 2. The van der Waals surface area contributed by atoms with Crippen molar-refractivity contribution in [3.05, 3.63) is 18.2 Å². The van der Waals surface area contributed by atoms with E-state index in [-0.39, 0.29) is 29.6 Å². The monoisotopic (exact) mass is 278 g/mol. The number of phenolic OH excluding ortho intramolecular Hbond substituents is 1. The van der Waals surface area contributed by atoms with Crippen molar-refractivity contribution < 1.29 is 31.0 Å². The Hall–Kier alpha value is -0.160. The van der Waals surface area contributed by atoms with Gasteiger partial charge in [0.25, 0.3) is 20.2 Å². The van der Waals surface area contributed by atoms with E-state index in [0.717, 1.165) is 12.1 Å². The van der Waals surface area contributed by atoms with Gasteiger partial charge in [-0.2, -0.15) is 16.8 Å². The van der Waals surface area contributed by atoms with Gasteiger partial charge in [-0.25, -0.2) is 0 Å². The molecule has 0 bridgehead atoms. The van der Waals surface area contributed by atoms with Crippen LogP contribution >= 0.6 is 0 Å². The van der Waals surface area contributed by atoms with Gasteiger partial charge in [0.2, 0.25) is 0 Å². The van der Waals surface area contributed by atoms with Crippen LogP contribution in [0.1, 0.15) is 0 Å². The Morgan fingerprint density at radius 1 is 0.938 bits per heavy atom. The minimum atomic E-state index is -4.74. The molecule has 1 aromatic carbocycles. The molecule has 16 heavy (non-hydrogen) atoms.